The summed E-state index contributed by atoms with van der Waals surface area (Å²) in [7, 11) is 1.45. The molecule has 1 aliphatic carbocycles. The van der Waals surface area contributed by atoms with Gasteiger partial charge in [0.25, 0.3) is 0 Å². The number of anilines is 1. The Hall–Kier alpha value is -1.22. The predicted molar refractivity (Wildman–Crippen MR) is 77.5 cm³/mol. The van der Waals surface area contributed by atoms with Crippen LogP contribution in [0.5, 0.6) is 0 Å². The molecule has 1 N–H and O–H groups in total. The van der Waals surface area contributed by atoms with E-state index in [-0.39, 0.29) is 5.97 Å². The molecular formula is C15H20ClNO2. The Morgan fingerprint density at radius 2 is 2.11 bits per heavy atom. The molecule has 1 fully saturated rings. The number of esters is 1. The van der Waals surface area contributed by atoms with Crippen molar-refractivity contribution < 1.29 is 9.53 Å². The lowest BCUT2D eigenvalue weighted by Gasteiger charge is -2.38. The molecule has 19 heavy (non-hydrogen) atoms. The molecule has 4 heteroatoms. The molecule has 0 aromatic heterocycles. The minimum Gasteiger partial charge on any atom is -0.467 e. The van der Waals surface area contributed by atoms with E-state index in [4.69, 9.17) is 16.3 Å². The van der Waals surface area contributed by atoms with Crippen LogP contribution < -0.4 is 5.32 Å². The van der Waals surface area contributed by atoms with E-state index in [1.54, 1.807) is 0 Å². The van der Waals surface area contributed by atoms with Crippen LogP contribution >= 0.6 is 11.6 Å². The predicted octanol–water partition coefficient (Wildman–Crippen LogP) is 3.87. The van der Waals surface area contributed by atoms with Gasteiger partial charge in [-0.15, -0.1) is 0 Å². The first-order valence-electron chi connectivity index (χ1n) is 6.68. The van der Waals surface area contributed by atoms with E-state index in [2.05, 4.69) is 12.2 Å². The summed E-state index contributed by atoms with van der Waals surface area (Å²) in [5.41, 5.74) is 0.263. The van der Waals surface area contributed by atoms with Gasteiger partial charge in [0.2, 0.25) is 0 Å². The Bertz CT molecular complexity index is 453. The van der Waals surface area contributed by atoms with E-state index >= 15 is 0 Å². The van der Waals surface area contributed by atoms with Crippen LogP contribution in [0.1, 0.15) is 32.6 Å². The van der Waals surface area contributed by atoms with Gasteiger partial charge in [-0.25, -0.2) is 4.79 Å². The number of halogens is 1. The Morgan fingerprint density at radius 3 is 2.68 bits per heavy atom. The average molecular weight is 282 g/mol. The van der Waals surface area contributed by atoms with Crippen molar-refractivity contribution in [2.24, 2.45) is 5.92 Å². The maximum absolute atomic E-state index is 12.2. The maximum atomic E-state index is 12.2. The molecule has 2 rings (SSSR count). The van der Waals surface area contributed by atoms with Crippen molar-refractivity contribution in [2.45, 2.75) is 38.1 Å². The van der Waals surface area contributed by atoms with Crippen LogP contribution in [0, 0.1) is 5.92 Å². The summed E-state index contributed by atoms with van der Waals surface area (Å²) in [4.78, 5) is 12.2. The van der Waals surface area contributed by atoms with E-state index in [9.17, 15) is 4.79 Å². The van der Waals surface area contributed by atoms with Crippen LogP contribution in [0.15, 0.2) is 24.3 Å². The zero-order valence-corrected chi connectivity index (χ0v) is 12.2. The van der Waals surface area contributed by atoms with Crippen LogP contribution in [-0.2, 0) is 9.53 Å². The molecule has 0 heterocycles. The fourth-order valence-electron chi connectivity index (χ4n) is 2.67. The number of carbonyl (C=O) groups excluding carboxylic acids is 1. The van der Waals surface area contributed by atoms with Gasteiger partial charge in [-0.05, 0) is 49.8 Å². The summed E-state index contributed by atoms with van der Waals surface area (Å²) in [6.45, 7) is 2.22. The number of nitrogens with one attached hydrogen (secondary N) is 1. The molecule has 0 saturated heterocycles. The van der Waals surface area contributed by atoms with Gasteiger partial charge >= 0.3 is 5.97 Å². The smallest absolute Gasteiger partial charge is 0.331 e. The highest BCUT2D eigenvalue weighted by Gasteiger charge is 2.42. The van der Waals surface area contributed by atoms with Gasteiger partial charge < -0.3 is 10.1 Å². The lowest BCUT2D eigenvalue weighted by Crippen LogP contribution is -2.49. The van der Waals surface area contributed by atoms with Crippen molar-refractivity contribution in [3.63, 3.8) is 0 Å². The molecule has 0 aliphatic heterocycles. The standard InChI is InChI=1S/C15H20ClNO2/c1-11-6-8-15(9-7-11,14(18)19-2)17-13-5-3-4-12(16)10-13/h3-5,10-11,17H,6-9H2,1-2H3. The third-order valence-electron chi connectivity index (χ3n) is 3.91. The summed E-state index contributed by atoms with van der Waals surface area (Å²) >= 11 is 5.99. The molecule has 0 atom stereocenters. The Kier molecular flexibility index (Phi) is 4.35. The van der Waals surface area contributed by atoms with E-state index in [1.807, 2.05) is 24.3 Å². The van der Waals surface area contributed by atoms with E-state index in [0.717, 1.165) is 31.4 Å². The lowest BCUT2D eigenvalue weighted by molar-refractivity contribution is -0.147. The number of ether oxygens (including phenoxy) is 1. The Morgan fingerprint density at radius 1 is 1.42 bits per heavy atom. The number of methoxy groups -OCH3 is 1. The van der Waals surface area contributed by atoms with Gasteiger partial charge in [-0.2, -0.15) is 0 Å². The molecule has 1 saturated carbocycles. The molecule has 1 aromatic rings. The van der Waals surface area contributed by atoms with Crippen LogP contribution in [0.4, 0.5) is 5.69 Å². The third kappa shape index (κ3) is 3.21. The first kappa shape index (κ1) is 14.2. The molecule has 0 radical (unpaired) electrons. The molecule has 0 amide bonds. The first-order chi connectivity index (χ1) is 9.05. The zero-order chi connectivity index (χ0) is 13.9. The number of hydrogen-bond donors (Lipinski definition) is 1. The second-order valence-corrected chi connectivity index (χ2v) is 5.83. The fraction of sp³-hybridized carbons (Fsp3) is 0.533. The number of benzene rings is 1. The van der Waals surface area contributed by atoms with Crippen molar-refractivity contribution in [1.29, 1.82) is 0 Å². The summed E-state index contributed by atoms with van der Waals surface area (Å²) in [5.74, 6) is 0.485. The second kappa shape index (κ2) is 5.83. The highest BCUT2D eigenvalue weighted by molar-refractivity contribution is 6.30. The summed E-state index contributed by atoms with van der Waals surface area (Å²) in [5, 5.41) is 4.01. The van der Waals surface area contributed by atoms with Crippen LogP contribution in [0.25, 0.3) is 0 Å². The largest absolute Gasteiger partial charge is 0.467 e. The Balaban J connectivity index is 2.21. The Labute approximate surface area is 119 Å². The van der Waals surface area contributed by atoms with Crippen molar-refractivity contribution in [2.75, 3.05) is 12.4 Å². The molecule has 0 spiro atoms. The average Bonchev–Trinajstić information content (AvgIpc) is 2.41. The molecule has 0 bridgehead atoms. The van der Waals surface area contributed by atoms with Gasteiger partial charge in [0.05, 0.1) is 7.11 Å². The number of carbonyl (C=O) groups is 1. The van der Waals surface area contributed by atoms with Crippen molar-refractivity contribution in [1.82, 2.24) is 0 Å². The molecule has 1 aliphatic rings. The van der Waals surface area contributed by atoms with Gasteiger partial charge in [0, 0.05) is 10.7 Å². The highest BCUT2D eigenvalue weighted by Crippen LogP contribution is 2.36. The van der Waals surface area contributed by atoms with Gasteiger partial charge in [-0.3, -0.25) is 0 Å². The molecule has 104 valence electrons. The summed E-state index contributed by atoms with van der Waals surface area (Å²) < 4.78 is 5.00. The van der Waals surface area contributed by atoms with E-state index < -0.39 is 5.54 Å². The topological polar surface area (TPSA) is 38.3 Å². The van der Waals surface area contributed by atoms with E-state index in [1.165, 1.54) is 7.11 Å². The van der Waals surface area contributed by atoms with Crippen molar-refractivity contribution in [3.05, 3.63) is 29.3 Å². The minimum atomic E-state index is -0.605. The van der Waals surface area contributed by atoms with Crippen molar-refractivity contribution in [3.8, 4) is 0 Å². The van der Waals surface area contributed by atoms with Gasteiger partial charge in [0.1, 0.15) is 5.54 Å². The number of hydrogen-bond acceptors (Lipinski definition) is 3. The fourth-order valence-corrected chi connectivity index (χ4v) is 2.86. The normalized spacial score (nSPS) is 26.8. The highest BCUT2D eigenvalue weighted by atomic mass is 35.5. The van der Waals surface area contributed by atoms with Crippen molar-refractivity contribution >= 4 is 23.3 Å². The third-order valence-corrected chi connectivity index (χ3v) is 4.15. The van der Waals surface area contributed by atoms with E-state index in [0.29, 0.717) is 10.9 Å². The number of rotatable bonds is 3. The van der Waals surface area contributed by atoms with Gasteiger partial charge in [-0.1, -0.05) is 24.6 Å². The van der Waals surface area contributed by atoms with Crippen LogP contribution in [0.3, 0.4) is 0 Å². The second-order valence-electron chi connectivity index (χ2n) is 5.39. The van der Waals surface area contributed by atoms with Crippen LogP contribution in [-0.4, -0.2) is 18.6 Å². The zero-order valence-electron chi connectivity index (χ0n) is 11.4. The quantitative estimate of drug-likeness (QED) is 0.855. The molecule has 0 unspecified atom stereocenters. The molecule has 3 nitrogen and oxygen atoms in total. The monoisotopic (exact) mass is 281 g/mol. The molecular weight excluding hydrogens is 262 g/mol. The lowest BCUT2D eigenvalue weighted by atomic mass is 9.77. The molecule has 1 aromatic carbocycles. The van der Waals surface area contributed by atoms with Crippen LogP contribution in [0.2, 0.25) is 5.02 Å². The summed E-state index contributed by atoms with van der Waals surface area (Å²) in [6, 6.07) is 7.46. The minimum absolute atomic E-state index is 0.181. The first-order valence-corrected chi connectivity index (χ1v) is 7.06. The summed E-state index contributed by atoms with van der Waals surface area (Å²) in [6.07, 6.45) is 3.66. The van der Waals surface area contributed by atoms with Gasteiger partial charge in [0.15, 0.2) is 0 Å². The SMILES string of the molecule is COC(=O)C1(Nc2cccc(Cl)c2)CCC(C)CC1. The maximum Gasteiger partial charge on any atom is 0.331 e.